The molecule has 134 valence electrons. The average Bonchev–Trinajstić information content (AvgIpc) is 2.56. The summed E-state index contributed by atoms with van der Waals surface area (Å²) >= 11 is 9.32. The molecule has 3 atom stereocenters. The van der Waals surface area contributed by atoms with Crippen molar-refractivity contribution in [2.75, 3.05) is 5.32 Å². The Bertz CT molecular complexity index is 905. The van der Waals surface area contributed by atoms with Crippen molar-refractivity contribution < 1.29 is 14.3 Å². The highest BCUT2D eigenvalue weighted by Gasteiger charge is 2.55. The fourth-order valence-electron chi connectivity index (χ4n) is 3.47. The number of hydrogen-bond acceptors (Lipinski definition) is 3. The molecule has 0 aromatic heterocycles. The van der Waals surface area contributed by atoms with Crippen molar-refractivity contribution >= 4 is 45.2 Å². The molecule has 0 aliphatic carbocycles. The van der Waals surface area contributed by atoms with Crippen LogP contribution in [0.1, 0.15) is 18.5 Å². The first-order valence-corrected chi connectivity index (χ1v) is 9.16. The number of fused-ring (bicyclic) bond motifs is 4. The summed E-state index contributed by atoms with van der Waals surface area (Å²) in [4.78, 5) is 25.1. The van der Waals surface area contributed by atoms with Gasteiger partial charge in [0.05, 0.1) is 6.04 Å². The molecular formula is C18H15BrClN3O3. The van der Waals surface area contributed by atoms with E-state index in [1.165, 1.54) is 0 Å². The van der Waals surface area contributed by atoms with Crippen molar-refractivity contribution in [3.05, 3.63) is 57.5 Å². The summed E-state index contributed by atoms with van der Waals surface area (Å²) in [6.45, 7) is 1.70. The summed E-state index contributed by atoms with van der Waals surface area (Å²) in [5, 5.41) is 9.05. The Kier molecular flexibility index (Phi) is 4.08. The third kappa shape index (κ3) is 2.91. The van der Waals surface area contributed by atoms with Crippen LogP contribution >= 0.6 is 27.5 Å². The van der Waals surface area contributed by atoms with Gasteiger partial charge in [-0.3, -0.25) is 10.1 Å². The minimum absolute atomic E-state index is 0.266. The molecular weight excluding hydrogens is 422 g/mol. The van der Waals surface area contributed by atoms with Crippen molar-refractivity contribution in [3.8, 4) is 5.75 Å². The van der Waals surface area contributed by atoms with E-state index in [9.17, 15) is 9.59 Å². The van der Waals surface area contributed by atoms with E-state index in [0.717, 1.165) is 10.0 Å². The Labute approximate surface area is 163 Å². The van der Waals surface area contributed by atoms with E-state index >= 15 is 0 Å². The van der Waals surface area contributed by atoms with Gasteiger partial charge in [0, 0.05) is 20.7 Å². The lowest BCUT2D eigenvalue weighted by molar-refractivity contribution is -0.133. The molecule has 2 heterocycles. The third-order valence-electron chi connectivity index (χ3n) is 4.60. The molecule has 2 bridgehead atoms. The highest BCUT2D eigenvalue weighted by atomic mass is 79.9. The van der Waals surface area contributed by atoms with Crippen LogP contribution in [-0.4, -0.2) is 17.7 Å². The molecule has 2 aliphatic rings. The predicted octanol–water partition coefficient (Wildman–Crippen LogP) is 3.82. The first kappa shape index (κ1) is 17.2. The standard InChI is InChI=1S/C18H15BrClN3O3/c1-18-14(16(24)21-11-5-3-10(20)4-6-11)15(22-17(25)23-18)12-8-9(19)2-7-13(12)26-18/h2-8,14-15H,1H3,(H,21,24)(H2,22,23,25). The zero-order chi connectivity index (χ0) is 18.5. The van der Waals surface area contributed by atoms with E-state index in [2.05, 4.69) is 31.9 Å². The second-order valence-electron chi connectivity index (χ2n) is 6.44. The van der Waals surface area contributed by atoms with Crippen LogP contribution in [0, 0.1) is 5.92 Å². The van der Waals surface area contributed by atoms with Crippen molar-refractivity contribution in [1.29, 1.82) is 0 Å². The first-order valence-electron chi connectivity index (χ1n) is 7.99. The van der Waals surface area contributed by atoms with Gasteiger partial charge in [0.25, 0.3) is 0 Å². The second-order valence-corrected chi connectivity index (χ2v) is 7.79. The van der Waals surface area contributed by atoms with Gasteiger partial charge in [-0.1, -0.05) is 27.5 Å². The van der Waals surface area contributed by atoms with Crippen molar-refractivity contribution in [2.24, 2.45) is 5.92 Å². The lowest BCUT2D eigenvalue weighted by Crippen LogP contribution is -2.70. The topological polar surface area (TPSA) is 79.5 Å². The van der Waals surface area contributed by atoms with Crippen molar-refractivity contribution in [1.82, 2.24) is 10.6 Å². The number of carbonyl (C=O) groups is 2. The number of halogens is 2. The molecule has 4 rings (SSSR count). The molecule has 3 amide bonds. The van der Waals surface area contributed by atoms with Crippen molar-refractivity contribution in [3.63, 3.8) is 0 Å². The summed E-state index contributed by atoms with van der Waals surface area (Å²) < 4.78 is 6.87. The summed E-state index contributed by atoms with van der Waals surface area (Å²) in [5.74, 6) is -0.306. The molecule has 1 fully saturated rings. The molecule has 2 aromatic rings. The smallest absolute Gasteiger partial charge is 0.318 e. The number of benzene rings is 2. The number of amides is 3. The van der Waals surface area contributed by atoms with Gasteiger partial charge in [-0.15, -0.1) is 0 Å². The number of carbonyl (C=O) groups excluding carboxylic acids is 2. The number of ether oxygens (including phenoxy) is 1. The van der Waals surface area contributed by atoms with E-state index in [0.29, 0.717) is 16.5 Å². The van der Waals surface area contributed by atoms with Crippen LogP contribution in [0.4, 0.5) is 10.5 Å². The van der Waals surface area contributed by atoms with Crippen molar-refractivity contribution in [2.45, 2.75) is 18.7 Å². The summed E-state index contributed by atoms with van der Waals surface area (Å²) in [7, 11) is 0. The van der Waals surface area contributed by atoms with Gasteiger partial charge < -0.3 is 15.4 Å². The van der Waals surface area contributed by atoms with Crippen LogP contribution in [0.3, 0.4) is 0 Å². The molecule has 0 radical (unpaired) electrons. The van der Waals surface area contributed by atoms with E-state index in [-0.39, 0.29) is 11.9 Å². The van der Waals surface area contributed by atoms with Crippen LogP contribution < -0.4 is 20.7 Å². The van der Waals surface area contributed by atoms with Crippen LogP contribution in [0.15, 0.2) is 46.9 Å². The normalized spacial score (nSPS) is 26.0. The average molecular weight is 437 g/mol. The molecule has 8 heteroatoms. The zero-order valence-electron chi connectivity index (χ0n) is 13.7. The van der Waals surface area contributed by atoms with Gasteiger partial charge >= 0.3 is 6.03 Å². The van der Waals surface area contributed by atoms with Gasteiger partial charge in [-0.05, 0) is 49.4 Å². The Morgan fingerprint density at radius 3 is 2.73 bits per heavy atom. The quantitative estimate of drug-likeness (QED) is 0.669. The van der Waals surface area contributed by atoms with E-state index in [1.54, 1.807) is 31.2 Å². The maximum Gasteiger partial charge on any atom is 0.318 e. The van der Waals surface area contributed by atoms with Crippen LogP contribution in [-0.2, 0) is 4.79 Å². The Balaban J connectivity index is 1.71. The van der Waals surface area contributed by atoms with Gasteiger partial charge in [-0.2, -0.15) is 0 Å². The molecule has 2 aromatic carbocycles. The van der Waals surface area contributed by atoms with Gasteiger partial charge in [0.1, 0.15) is 11.7 Å². The first-order chi connectivity index (χ1) is 12.4. The fraction of sp³-hybridized carbons (Fsp3) is 0.222. The largest absolute Gasteiger partial charge is 0.467 e. The molecule has 2 aliphatic heterocycles. The monoisotopic (exact) mass is 435 g/mol. The minimum atomic E-state index is -1.16. The van der Waals surface area contributed by atoms with Gasteiger partial charge in [0.2, 0.25) is 5.91 Å². The third-order valence-corrected chi connectivity index (χ3v) is 5.34. The number of urea groups is 1. The molecule has 1 saturated heterocycles. The van der Waals surface area contributed by atoms with E-state index < -0.39 is 17.7 Å². The highest BCUT2D eigenvalue weighted by Crippen LogP contribution is 2.45. The summed E-state index contributed by atoms with van der Waals surface area (Å²) in [6, 6.07) is 11.5. The maximum absolute atomic E-state index is 13.0. The summed E-state index contributed by atoms with van der Waals surface area (Å²) in [5.41, 5.74) is 0.208. The van der Waals surface area contributed by atoms with Gasteiger partial charge in [0.15, 0.2) is 5.72 Å². The molecule has 6 nitrogen and oxygen atoms in total. The molecule has 0 spiro atoms. The SMILES string of the molecule is CC12NC(=O)NC(c3cc(Br)ccc3O1)C2C(=O)Nc1ccc(Cl)cc1. The highest BCUT2D eigenvalue weighted by molar-refractivity contribution is 9.10. The van der Waals surface area contributed by atoms with Crippen LogP contribution in [0.25, 0.3) is 0 Å². The maximum atomic E-state index is 13.0. The molecule has 26 heavy (non-hydrogen) atoms. The molecule has 3 N–H and O–H groups in total. The predicted molar refractivity (Wildman–Crippen MR) is 101 cm³/mol. The minimum Gasteiger partial charge on any atom is -0.467 e. The fourth-order valence-corrected chi connectivity index (χ4v) is 3.97. The van der Waals surface area contributed by atoms with Gasteiger partial charge in [-0.25, -0.2) is 4.79 Å². The van der Waals surface area contributed by atoms with Crippen LogP contribution in [0.2, 0.25) is 5.02 Å². The number of anilines is 1. The summed E-state index contributed by atoms with van der Waals surface area (Å²) in [6.07, 6.45) is 0. The Morgan fingerprint density at radius 1 is 1.27 bits per heavy atom. The lowest BCUT2D eigenvalue weighted by Gasteiger charge is -2.49. The number of nitrogens with one attached hydrogen (secondary N) is 3. The Hall–Kier alpha value is -2.25. The molecule has 0 saturated carbocycles. The Morgan fingerprint density at radius 2 is 2.00 bits per heavy atom. The number of hydrogen-bond donors (Lipinski definition) is 3. The second kappa shape index (κ2) is 6.17. The number of rotatable bonds is 2. The molecule has 3 unspecified atom stereocenters. The van der Waals surface area contributed by atoms with E-state index in [1.807, 2.05) is 18.2 Å². The van der Waals surface area contributed by atoms with Crippen LogP contribution in [0.5, 0.6) is 5.75 Å². The lowest BCUT2D eigenvalue weighted by atomic mass is 9.80. The zero-order valence-corrected chi connectivity index (χ0v) is 16.0. The van der Waals surface area contributed by atoms with E-state index in [4.69, 9.17) is 16.3 Å².